The summed E-state index contributed by atoms with van der Waals surface area (Å²) in [7, 11) is 0. The van der Waals surface area contributed by atoms with Gasteiger partial charge in [0.1, 0.15) is 0 Å². The number of amides is 2. The highest BCUT2D eigenvalue weighted by molar-refractivity contribution is 5.96. The smallest absolute Gasteiger partial charge is 0.251 e. The van der Waals surface area contributed by atoms with E-state index in [0.29, 0.717) is 42.5 Å². The van der Waals surface area contributed by atoms with Gasteiger partial charge in [-0.15, -0.1) is 0 Å². The zero-order valence-electron chi connectivity index (χ0n) is 12.2. The van der Waals surface area contributed by atoms with Crippen LogP contribution in [0, 0.1) is 0 Å². The normalized spacial score (nSPS) is 13.6. The Hall–Kier alpha value is -2.24. The Morgan fingerprint density at radius 1 is 1.33 bits per heavy atom. The molecule has 21 heavy (non-hydrogen) atoms. The second-order valence-electron chi connectivity index (χ2n) is 5.18. The fourth-order valence-electron chi connectivity index (χ4n) is 1.95. The molecule has 6 heteroatoms. The Morgan fingerprint density at radius 2 is 2.10 bits per heavy atom. The van der Waals surface area contributed by atoms with Crippen molar-refractivity contribution in [1.82, 2.24) is 10.6 Å². The molecule has 0 aromatic heterocycles. The van der Waals surface area contributed by atoms with Crippen LogP contribution in [0.5, 0.6) is 0 Å². The molecule has 1 fully saturated rings. The van der Waals surface area contributed by atoms with Gasteiger partial charge in [-0.25, -0.2) is 0 Å². The molecule has 0 spiro atoms. The summed E-state index contributed by atoms with van der Waals surface area (Å²) in [6, 6.07) is 5.46. The number of anilines is 2. The Morgan fingerprint density at radius 3 is 2.76 bits per heavy atom. The highest BCUT2D eigenvalue weighted by Crippen LogP contribution is 2.20. The van der Waals surface area contributed by atoms with Crippen molar-refractivity contribution in [2.75, 3.05) is 24.1 Å². The van der Waals surface area contributed by atoms with Crippen LogP contribution < -0.4 is 21.7 Å². The maximum absolute atomic E-state index is 11.8. The number of nitrogens with one attached hydrogen (secondary N) is 3. The molecule has 6 nitrogen and oxygen atoms in total. The van der Waals surface area contributed by atoms with Gasteiger partial charge in [0, 0.05) is 31.1 Å². The molecule has 0 aliphatic heterocycles. The molecule has 1 aliphatic rings. The first-order chi connectivity index (χ1) is 10.1. The quantitative estimate of drug-likeness (QED) is 0.565. The van der Waals surface area contributed by atoms with Crippen LogP contribution >= 0.6 is 0 Å². The van der Waals surface area contributed by atoms with E-state index in [1.54, 1.807) is 18.2 Å². The molecule has 0 saturated heterocycles. The van der Waals surface area contributed by atoms with E-state index in [1.165, 1.54) is 0 Å². The van der Waals surface area contributed by atoms with Crippen molar-refractivity contribution in [3.63, 3.8) is 0 Å². The van der Waals surface area contributed by atoms with E-state index in [9.17, 15) is 9.59 Å². The zero-order chi connectivity index (χ0) is 15.2. The highest BCUT2D eigenvalue weighted by atomic mass is 16.2. The number of benzene rings is 1. The lowest BCUT2D eigenvalue weighted by molar-refractivity contribution is -0.120. The molecule has 1 saturated carbocycles. The van der Waals surface area contributed by atoms with E-state index in [4.69, 9.17) is 5.73 Å². The van der Waals surface area contributed by atoms with E-state index in [0.717, 1.165) is 12.8 Å². The van der Waals surface area contributed by atoms with E-state index in [-0.39, 0.29) is 11.8 Å². The molecule has 1 aromatic carbocycles. The first-order valence-electron chi connectivity index (χ1n) is 7.31. The lowest BCUT2D eigenvalue weighted by atomic mass is 10.1. The summed E-state index contributed by atoms with van der Waals surface area (Å²) in [6.07, 6.45) is 2.56. The predicted molar refractivity (Wildman–Crippen MR) is 83.1 cm³/mol. The molecule has 0 radical (unpaired) electrons. The lowest BCUT2D eigenvalue weighted by Gasteiger charge is -2.11. The maximum Gasteiger partial charge on any atom is 0.251 e. The van der Waals surface area contributed by atoms with Crippen molar-refractivity contribution in [2.24, 2.45) is 0 Å². The first-order valence-corrected chi connectivity index (χ1v) is 7.31. The molecule has 5 N–H and O–H groups in total. The van der Waals surface area contributed by atoms with Crippen LogP contribution in [-0.2, 0) is 4.79 Å². The maximum atomic E-state index is 11.8. The van der Waals surface area contributed by atoms with Gasteiger partial charge in [0.25, 0.3) is 5.91 Å². The molecule has 114 valence electrons. The summed E-state index contributed by atoms with van der Waals surface area (Å²) in [5, 5.41) is 8.78. The third kappa shape index (κ3) is 4.66. The van der Waals surface area contributed by atoms with Crippen LogP contribution in [0.2, 0.25) is 0 Å². The number of carbonyl (C=O) groups excluding carboxylic acids is 2. The number of nitrogen functional groups attached to an aromatic ring is 1. The monoisotopic (exact) mass is 290 g/mol. The SMILES string of the molecule is CCNC(=O)c1ccc(N)c(NCCC(=O)NC2CC2)c1. The minimum absolute atomic E-state index is 0.0449. The van der Waals surface area contributed by atoms with Crippen LogP contribution in [0.4, 0.5) is 11.4 Å². The van der Waals surface area contributed by atoms with Crippen LogP contribution in [0.1, 0.15) is 36.5 Å². The summed E-state index contributed by atoms with van der Waals surface area (Å²) in [4.78, 5) is 23.4. The van der Waals surface area contributed by atoms with E-state index in [1.807, 2.05) is 6.92 Å². The van der Waals surface area contributed by atoms with Crippen LogP contribution in [0.3, 0.4) is 0 Å². The molecular formula is C15H22N4O2. The highest BCUT2D eigenvalue weighted by Gasteiger charge is 2.22. The van der Waals surface area contributed by atoms with Crippen molar-refractivity contribution in [3.8, 4) is 0 Å². The topological polar surface area (TPSA) is 96.2 Å². The molecule has 2 amide bonds. The number of carbonyl (C=O) groups is 2. The summed E-state index contributed by atoms with van der Waals surface area (Å²) in [5.74, 6) is -0.0875. The van der Waals surface area contributed by atoms with E-state index >= 15 is 0 Å². The van der Waals surface area contributed by atoms with Gasteiger partial charge >= 0.3 is 0 Å². The number of hydrogen-bond donors (Lipinski definition) is 4. The molecule has 1 aliphatic carbocycles. The second-order valence-corrected chi connectivity index (χ2v) is 5.18. The van der Waals surface area contributed by atoms with E-state index in [2.05, 4.69) is 16.0 Å². The average molecular weight is 290 g/mol. The Labute approximate surface area is 124 Å². The fraction of sp³-hybridized carbons (Fsp3) is 0.467. The minimum atomic E-state index is -0.132. The van der Waals surface area contributed by atoms with Crippen molar-refractivity contribution >= 4 is 23.2 Å². The van der Waals surface area contributed by atoms with Crippen molar-refractivity contribution in [3.05, 3.63) is 23.8 Å². The summed E-state index contributed by atoms with van der Waals surface area (Å²) in [6.45, 7) is 2.93. The van der Waals surface area contributed by atoms with Gasteiger partial charge < -0.3 is 21.7 Å². The predicted octanol–water partition coefficient (Wildman–Crippen LogP) is 1.10. The van der Waals surface area contributed by atoms with Gasteiger partial charge in [-0.2, -0.15) is 0 Å². The van der Waals surface area contributed by atoms with Gasteiger partial charge in [0.05, 0.1) is 11.4 Å². The Kier molecular flexibility index (Phi) is 5.03. The lowest BCUT2D eigenvalue weighted by Crippen LogP contribution is -2.27. The zero-order valence-corrected chi connectivity index (χ0v) is 12.2. The summed E-state index contributed by atoms with van der Waals surface area (Å²) < 4.78 is 0. The second kappa shape index (κ2) is 6.97. The van der Waals surface area contributed by atoms with E-state index < -0.39 is 0 Å². The van der Waals surface area contributed by atoms with Crippen molar-refractivity contribution in [1.29, 1.82) is 0 Å². The number of rotatable bonds is 7. The summed E-state index contributed by atoms with van der Waals surface area (Å²) in [5.41, 5.74) is 7.67. The van der Waals surface area contributed by atoms with Crippen LogP contribution in [0.25, 0.3) is 0 Å². The fourth-order valence-corrected chi connectivity index (χ4v) is 1.95. The van der Waals surface area contributed by atoms with Crippen molar-refractivity contribution in [2.45, 2.75) is 32.2 Å². The minimum Gasteiger partial charge on any atom is -0.397 e. The standard InChI is InChI=1S/C15H22N4O2/c1-2-17-15(21)10-3-6-12(16)13(9-10)18-8-7-14(20)19-11-4-5-11/h3,6,9,11,18H,2,4-5,7-8,16H2,1H3,(H,17,21)(H,19,20). The Bertz CT molecular complexity index is 526. The summed E-state index contributed by atoms with van der Waals surface area (Å²) >= 11 is 0. The first kappa shape index (κ1) is 15.2. The average Bonchev–Trinajstić information content (AvgIpc) is 3.25. The van der Waals surface area contributed by atoms with Crippen LogP contribution in [-0.4, -0.2) is 30.9 Å². The third-order valence-corrected chi connectivity index (χ3v) is 3.26. The number of nitrogens with two attached hydrogens (primary N) is 1. The Balaban J connectivity index is 1.87. The molecule has 0 unspecified atom stereocenters. The molecule has 0 bridgehead atoms. The molecular weight excluding hydrogens is 268 g/mol. The molecule has 0 heterocycles. The third-order valence-electron chi connectivity index (χ3n) is 3.26. The van der Waals surface area contributed by atoms with Gasteiger partial charge in [0.15, 0.2) is 0 Å². The van der Waals surface area contributed by atoms with Crippen LogP contribution in [0.15, 0.2) is 18.2 Å². The molecule has 2 rings (SSSR count). The molecule has 0 atom stereocenters. The largest absolute Gasteiger partial charge is 0.397 e. The van der Waals surface area contributed by atoms with Gasteiger partial charge in [-0.05, 0) is 38.0 Å². The molecule has 1 aromatic rings. The van der Waals surface area contributed by atoms with Crippen molar-refractivity contribution < 1.29 is 9.59 Å². The van der Waals surface area contributed by atoms with Gasteiger partial charge in [-0.3, -0.25) is 9.59 Å². The van der Waals surface area contributed by atoms with Gasteiger partial charge in [0.2, 0.25) is 5.91 Å². The number of hydrogen-bond acceptors (Lipinski definition) is 4. The van der Waals surface area contributed by atoms with Gasteiger partial charge in [-0.1, -0.05) is 0 Å².